The molecule has 17 nitrogen and oxygen atoms in total. The molecular weight excluding hydrogens is 947 g/mol. The van der Waals surface area contributed by atoms with Crippen molar-refractivity contribution in [1.29, 1.82) is 0 Å². The van der Waals surface area contributed by atoms with E-state index in [0.29, 0.717) is 76.4 Å². The van der Waals surface area contributed by atoms with E-state index in [1.807, 2.05) is 31.3 Å². The number of aliphatic hydroxyl groups is 1. The van der Waals surface area contributed by atoms with Gasteiger partial charge in [-0.1, -0.05) is 38.1 Å². The number of anilines is 5. The number of aromatic amines is 1. The summed E-state index contributed by atoms with van der Waals surface area (Å²) in [6.07, 6.45) is 9.75. The first-order valence-electron chi connectivity index (χ1n) is 26.4. The predicted octanol–water partition coefficient (Wildman–Crippen LogP) is 8.64. The monoisotopic (exact) mass is 1020 g/mol. The molecule has 1 amide bonds. The largest absolute Gasteiger partial charge is 0.390 e. The third-order valence-electron chi connectivity index (χ3n) is 17.1. The van der Waals surface area contributed by atoms with Gasteiger partial charge in [0.25, 0.3) is 21.6 Å². The number of piperidine rings is 1. The second-order valence-corrected chi connectivity index (χ2v) is 23.8. The minimum Gasteiger partial charge on any atom is -0.390 e. The molecule has 388 valence electrons. The van der Waals surface area contributed by atoms with E-state index in [4.69, 9.17) is 14.5 Å². The summed E-state index contributed by atoms with van der Waals surface area (Å²) in [4.78, 5) is 44.0. The molecule has 4 aliphatic heterocycles. The standard InChI is InChI=1S/C55H69N9O8S/c1-36(2)43-6-4-5-7-44(43)50-35-72-26-24-61(50)41-31-55(32-41)18-22-60(23-19-55)39-8-10-45(47(29-39)63-21-15-40-34-71-27-25-62(40)52-49(63)28-38-14-20-56-51(38)58-52)53(65)59-73(69,70)42-9-11-46(48(30-42)64(67)68)57-33-37-12-16-54(3,66)17-13-37/h4-11,14,20,28-30,36-37,40-41,50,57,66H,12-13,15-19,21-27,31-35H2,1-3H3,(H,56,58)(H,59,65)/t37?,40-,50+,54?/m1/s1. The molecule has 2 aromatic heterocycles. The van der Waals surface area contributed by atoms with E-state index in [2.05, 4.69) is 78.8 Å². The van der Waals surface area contributed by atoms with Crippen molar-refractivity contribution in [1.82, 2.24) is 19.6 Å². The van der Waals surface area contributed by atoms with Crippen LogP contribution < -0.4 is 24.7 Å². The Bertz CT molecular complexity index is 2970. The van der Waals surface area contributed by atoms with Gasteiger partial charge in [-0.15, -0.1) is 0 Å². The molecule has 6 heterocycles. The molecule has 0 radical (unpaired) electrons. The number of nitrogens with one attached hydrogen (secondary N) is 3. The van der Waals surface area contributed by atoms with E-state index in [9.17, 15) is 28.4 Å². The molecule has 2 atom stereocenters. The zero-order valence-electron chi connectivity index (χ0n) is 42.2. The van der Waals surface area contributed by atoms with Crippen molar-refractivity contribution in [2.45, 2.75) is 113 Å². The number of aromatic nitrogens is 2. The maximum Gasteiger partial charge on any atom is 0.293 e. The summed E-state index contributed by atoms with van der Waals surface area (Å²) in [5.41, 5.74) is 5.28. The molecular formula is C55H69N9O8S. The van der Waals surface area contributed by atoms with Crippen molar-refractivity contribution in [3.8, 4) is 0 Å². The molecule has 73 heavy (non-hydrogen) atoms. The summed E-state index contributed by atoms with van der Waals surface area (Å²) in [6.45, 7) is 13.1. The van der Waals surface area contributed by atoms with Gasteiger partial charge in [-0.05, 0) is 136 Å². The van der Waals surface area contributed by atoms with Crippen LogP contribution in [0.15, 0.2) is 83.9 Å². The first-order chi connectivity index (χ1) is 35.1. The summed E-state index contributed by atoms with van der Waals surface area (Å²) >= 11 is 0. The number of fused-ring (bicyclic) bond motifs is 4. The van der Waals surface area contributed by atoms with Crippen LogP contribution >= 0.6 is 0 Å². The summed E-state index contributed by atoms with van der Waals surface area (Å²) in [5, 5.41) is 26.8. The van der Waals surface area contributed by atoms with Gasteiger partial charge in [0.2, 0.25) is 0 Å². The van der Waals surface area contributed by atoms with Gasteiger partial charge in [0.05, 0.1) is 70.9 Å². The average molecular weight is 1020 g/mol. The molecule has 5 aromatic rings. The van der Waals surface area contributed by atoms with Crippen molar-refractivity contribution >= 4 is 61.2 Å². The number of ether oxygens (including phenoxy) is 2. The number of rotatable bonds is 12. The fourth-order valence-corrected chi connectivity index (χ4v) is 13.8. The number of hydrogen-bond donors (Lipinski definition) is 4. The van der Waals surface area contributed by atoms with Crippen molar-refractivity contribution < 1.29 is 32.7 Å². The fraction of sp³-hybridized carbons (Fsp3) is 0.527. The first kappa shape index (κ1) is 49.4. The van der Waals surface area contributed by atoms with Gasteiger partial charge in [-0.25, -0.2) is 18.1 Å². The first-order valence-corrected chi connectivity index (χ1v) is 27.9. The Kier molecular flexibility index (Phi) is 13.4. The summed E-state index contributed by atoms with van der Waals surface area (Å²) in [5.74, 6) is 0.546. The van der Waals surface area contributed by atoms with Crippen LogP contribution in [0.25, 0.3) is 11.0 Å². The topological polar surface area (TPSA) is 199 Å². The van der Waals surface area contributed by atoms with Crippen LogP contribution in [-0.2, 0) is 19.5 Å². The lowest BCUT2D eigenvalue weighted by Crippen LogP contribution is -2.58. The number of H-pyrrole nitrogens is 1. The lowest BCUT2D eigenvalue weighted by Gasteiger charge is -2.57. The van der Waals surface area contributed by atoms with Gasteiger partial charge in [-0.3, -0.25) is 19.8 Å². The van der Waals surface area contributed by atoms with Crippen molar-refractivity contribution in [2.24, 2.45) is 11.3 Å². The molecule has 3 saturated heterocycles. The van der Waals surface area contributed by atoms with Crippen LogP contribution in [0.3, 0.4) is 0 Å². The molecule has 0 unspecified atom stereocenters. The highest BCUT2D eigenvalue weighted by atomic mass is 32.2. The van der Waals surface area contributed by atoms with Crippen LogP contribution in [0.4, 0.5) is 34.3 Å². The maximum absolute atomic E-state index is 14.7. The Balaban J connectivity index is 0.864. The van der Waals surface area contributed by atoms with E-state index in [1.165, 1.54) is 23.3 Å². The van der Waals surface area contributed by atoms with E-state index < -0.39 is 37.0 Å². The van der Waals surface area contributed by atoms with Crippen molar-refractivity contribution in [3.05, 3.63) is 106 Å². The molecule has 6 aliphatic rings. The van der Waals surface area contributed by atoms with Crippen molar-refractivity contribution in [2.75, 3.05) is 85.7 Å². The normalized spacial score (nSPS) is 24.7. The van der Waals surface area contributed by atoms with Crippen LogP contribution in [0, 0.1) is 21.4 Å². The van der Waals surface area contributed by atoms with Gasteiger partial charge in [0.1, 0.15) is 11.3 Å². The Hall–Kier alpha value is -5.79. The predicted molar refractivity (Wildman–Crippen MR) is 283 cm³/mol. The highest BCUT2D eigenvalue weighted by Gasteiger charge is 2.50. The fourth-order valence-electron chi connectivity index (χ4n) is 12.8. The number of nitrogens with zero attached hydrogens (tertiary/aromatic N) is 6. The second-order valence-electron chi connectivity index (χ2n) is 22.2. The Morgan fingerprint density at radius 2 is 1.67 bits per heavy atom. The number of carbonyl (C=O) groups is 1. The van der Waals surface area contributed by atoms with Crippen LogP contribution in [-0.4, -0.2) is 123 Å². The Morgan fingerprint density at radius 1 is 0.904 bits per heavy atom. The summed E-state index contributed by atoms with van der Waals surface area (Å²) in [6, 6.07) is 23.0. The lowest BCUT2D eigenvalue weighted by molar-refractivity contribution is -0.384. The van der Waals surface area contributed by atoms with Crippen LogP contribution in [0.5, 0.6) is 0 Å². The SMILES string of the molecule is CC(C)c1ccccc1[C@@H]1COCCN1C1CC2(CCN(c3ccc(C(=O)NS(=O)(=O)c4ccc(NCC5CCC(C)(O)CC5)c([N+](=O)[O-])c4)c(N4CC[C@@H]5COCCN5c5nc6[nH]ccc6cc54)c3)CC2)C1. The molecule has 2 saturated carbocycles. The quantitative estimate of drug-likeness (QED) is 0.0684. The Morgan fingerprint density at radius 3 is 2.45 bits per heavy atom. The molecule has 3 aromatic carbocycles. The van der Waals surface area contributed by atoms with Gasteiger partial charge >= 0.3 is 0 Å². The Labute approximate surface area is 427 Å². The van der Waals surface area contributed by atoms with Gasteiger partial charge in [0.15, 0.2) is 5.82 Å². The molecule has 11 rings (SSSR count). The maximum atomic E-state index is 14.7. The van der Waals surface area contributed by atoms with Crippen LogP contribution in [0.1, 0.15) is 112 Å². The van der Waals surface area contributed by atoms with Crippen LogP contribution in [0.2, 0.25) is 0 Å². The van der Waals surface area contributed by atoms with Gasteiger partial charge in [-0.2, -0.15) is 0 Å². The van der Waals surface area contributed by atoms with Gasteiger partial charge in [0, 0.05) is 68.6 Å². The highest BCUT2D eigenvalue weighted by Crippen LogP contribution is 2.54. The zero-order valence-corrected chi connectivity index (χ0v) is 43.0. The smallest absolute Gasteiger partial charge is 0.293 e. The number of benzene rings is 3. The van der Waals surface area contributed by atoms with Crippen molar-refractivity contribution in [3.63, 3.8) is 0 Å². The summed E-state index contributed by atoms with van der Waals surface area (Å²) < 4.78 is 42.8. The molecule has 18 heteroatoms. The van der Waals surface area contributed by atoms with E-state index in [-0.39, 0.29) is 34.7 Å². The number of sulfonamides is 1. The zero-order chi connectivity index (χ0) is 50.6. The second kappa shape index (κ2) is 19.8. The van der Waals surface area contributed by atoms with E-state index in [1.54, 1.807) is 6.07 Å². The number of morpholine rings is 2. The highest BCUT2D eigenvalue weighted by molar-refractivity contribution is 7.90. The molecule has 1 spiro atoms. The van der Waals surface area contributed by atoms with E-state index in [0.717, 1.165) is 99.1 Å². The minimum atomic E-state index is -4.60. The minimum absolute atomic E-state index is 0.0350. The van der Waals surface area contributed by atoms with Gasteiger partial charge < -0.3 is 39.6 Å². The number of pyridine rings is 1. The lowest BCUT2D eigenvalue weighted by atomic mass is 9.59. The molecule has 4 N–H and O–H groups in total. The molecule has 2 aliphatic carbocycles. The third-order valence-corrected chi connectivity index (χ3v) is 18.4. The number of hydrogen-bond acceptors (Lipinski definition) is 14. The number of amides is 1. The number of carbonyl (C=O) groups excluding carboxylic acids is 1. The molecule has 0 bridgehead atoms. The summed E-state index contributed by atoms with van der Waals surface area (Å²) in [7, 11) is -4.60. The molecule has 5 fully saturated rings. The number of nitro benzene ring substituents is 1. The third kappa shape index (κ3) is 9.88. The average Bonchev–Trinajstić information content (AvgIpc) is 3.78. The van der Waals surface area contributed by atoms with E-state index >= 15 is 0 Å². The number of nitro groups is 1.